The van der Waals surface area contributed by atoms with Crippen LogP contribution in [-0.4, -0.2) is 54.8 Å². The Morgan fingerprint density at radius 1 is 1.15 bits per heavy atom. The third-order valence-electron chi connectivity index (χ3n) is 6.20. The molecule has 4 amide bonds. The number of carbonyl (C=O) groups is 4. The van der Waals surface area contributed by atoms with Crippen LogP contribution < -0.4 is 15.4 Å². The van der Waals surface area contributed by atoms with Crippen LogP contribution in [-0.2, 0) is 22.4 Å². The standard InChI is InChI=1S/C19H19N3O5/c1-27-15-11-6-19(7-20-8-19)5-9(11)4-10-14(15)18(26)22(17(10)25)12-2-3-13(23)21-16(12)24/h4,12,20H,2-3,5-8H2,1H3,(H,21,23,24). The van der Waals surface area contributed by atoms with Gasteiger partial charge in [0.1, 0.15) is 11.8 Å². The molecule has 8 nitrogen and oxygen atoms in total. The lowest BCUT2D eigenvalue weighted by molar-refractivity contribution is -0.136. The van der Waals surface area contributed by atoms with Gasteiger partial charge in [-0.1, -0.05) is 0 Å². The number of fused-ring (bicyclic) bond motifs is 2. The Balaban J connectivity index is 1.56. The van der Waals surface area contributed by atoms with E-state index in [9.17, 15) is 19.2 Å². The van der Waals surface area contributed by atoms with E-state index in [1.807, 2.05) is 0 Å². The molecule has 1 unspecified atom stereocenters. The molecule has 0 saturated carbocycles. The number of benzene rings is 1. The van der Waals surface area contributed by atoms with E-state index in [0.717, 1.165) is 42.0 Å². The summed E-state index contributed by atoms with van der Waals surface area (Å²) in [4.78, 5) is 50.7. The molecular weight excluding hydrogens is 350 g/mol. The van der Waals surface area contributed by atoms with Gasteiger partial charge in [-0.15, -0.1) is 0 Å². The van der Waals surface area contributed by atoms with Crippen molar-refractivity contribution in [2.24, 2.45) is 5.41 Å². The first-order chi connectivity index (χ1) is 12.9. The lowest BCUT2D eigenvalue weighted by Crippen LogP contribution is -2.54. The van der Waals surface area contributed by atoms with E-state index in [1.54, 1.807) is 6.07 Å². The summed E-state index contributed by atoms with van der Waals surface area (Å²) in [5.41, 5.74) is 2.72. The first-order valence-electron chi connectivity index (χ1n) is 9.09. The number of rotatable bonds is 2. The molecule has 1 spiro atoms. The number of hydrogen-bond donors (Lipinski definition) is 2. The van der Waals surface area contributed by atoms with E-state index in [0.29, 0.717) is 11.3 Å². The van der Waals surface area contributed by atoms with Crippen molar-refractivity contribution in [3.63, 3.8) is 0 Å². The van der Waals surface area contributed by atoms with Gasteiger partial charge in [0.15, 0.2) is 0 Å². The number of imide groups is 2. The van der Waals surface area contributed by atoms with Crippen molar-refractivity contribution in [3.05, 3.63) is 28.3 Å². The summed E-state index contributed by atoms with van der Waals surface area (Å²) in [6, 6.07) is 0.837. The summed E-state index contributed by atoms with van der Waals surface area (Å²) in [6.45, 7) is 1.83. The summed E-state index contributed by atoms with van der Waals surface area (Å²) in [6.07, 6.45) is 1.91. The highest BCUT2D eigenvalue weighted by molar-refractivity contribution is 6.25. The van der Waals surface area contributed by atoms with Crippen molar-refractivity contribution in [3.8, 4) is 5.75 Å². The molecule has 5 rings (SSSR count). The highest BCUT2D eigenvalue weighted by Gasteiger charge is 2.50. The fourth-order valence-electron chi connectivity index (χ4n) is 4.83. The monoisotopic (exact) mass is 369 g/mol. The van der Waals surface area contributed by atoms with Crippen molar-refractivity contribution in [1.82, 2.24) is 15.5 Å². The smallest absolute Gasteiger partial charge is 0.266 e. The van der Waals surface area contributed by atoms with E-state index in [2.05, 4.69) is 10.6 Å². The van der Waals surface area contributed by atoms with Crippen LogP contribution in [0.5, 0.6) is 5.75 Å². The number of hydrogen-bond acceptors (Lipinski definition) is 6. The SMILES string of the molecule is COc1c2c(cc3c1C(=O)N(C1CCC(=O)NC1=O)C3=O)CC1(CNC1)C2. The Bertz CT molecular complexity index is 934. The summed E-state index contributed by atoms with van der Waals surface area (Å²) < 4.78 is 5.59. The first kappa shape index (κ1) is 16.4. The van der Waals surface area contributed by atoms with Gasteiger partial charge in [0.25, 0.3) is 11.8 Å². The molecule has 1 aromatic rings. The van der Waals surface area contributed by atoms with Gasteiger partial charge in [-0.2, -0.15) is 0 Å². The molecule has 140 valence electrons. The lowest BCUT2D eigenvalue weighted by Gasteiger charge is -2.39. The Hall–Kier alpha value is -2.74. The maximum atomic E-state index is 13.1. The van der Waals surface area contributed by atoms with Crippen LogP contribution in [0.3, 0.4) is 0 Å². The molecule has 1 aromatic carbocycles. The maximum Gasteiger partial charge on any atom is 0.266 e. The van der Waals surface area contributed by atoms with E-state index in [-0.39, 0.29) is 29.7 Å². The number of piperidine rings is 1. The molecule has 1 aliphatic carbocycles. The summed E-state index contributed by atoms with van der Waals surface area (Å²) in [5.74, 6) is -1.54. The fraction of sp³-hybridized carbons (Fsp3) is 0.474. The molecule has 0 radical (unpaired) electrons. The van der Waals surface area contributed by atoms with Gasteiger partial charge in [0.05, 0.1) is 18.2 Å². The van der Waals surface area contributed by atoms with E-state index < -0.39 is 23.8 Å². The highest BCUT2D eigenvalue weighted by atomic mass is 16.5. The van der Waals surface area contributed by atoms with Crippen LogP contribution in [0.25, 0.3) is 0 Å². The van der Waals surface area contributed by atoms with Gasteiger partial charge in [0.2, 0.25) is 11.8 Å². The fourth-order valence-corrected chi connectivity index (χ4v) is 4.83. The normalized spacial score (nSPS) is 25.4. The zero-order chi connectivity index (χ0) is 18.9. The van der Waals surface area contributed by atoms with Crippen LogP contribution >= 0.6 is 0 Å². The van der Waals surface area contributed by atoms with Gasteiger partial charge >= 0.3 is 0 Å². The molecule has 27 heavy (non-hydrogen) atoms. The van der Waals surface area contributed by atoms with Crippen molar-refractivity contribution in [2.75, 3.05) is 20.2 Å². The number of carbonyl (C=O) groups excluding carboxylic acids is 4. The Morgan fingerprint density at radius 3 is 2.56 bits per heavy atom. The molecule has 2 saturated heterocycles. The summed E-state index contributed by atoms with van der Waals surface area (Å²) >= 11 is 0. The zero-order valence-corrected chi connectivity index (χ0v) is 14.9. The molecule has 8 heteroatoms. The lowest BCUT2D eigenvalue weighted by atomic mass is 9.79. The molecule has 0 bridgehead atoms. The highest BCUT2D eigenvalue weighted by Crippen LogP contribution is 2.47. The molecular formula is C19H19N3O5. The first-order valence-corrected chi connectivity index (χ1v) is 9.09. The average Bonchev–Trinajstić information content (AvgIpc) is 3.11. The second kappa shape index (κ2) is 5.39. The molecule has 2 fully saturated rings. The largest absolute Gasteiger partial charge is 0.496 e. The molecule has 3 heterocycles. The molecule has 0 aromatic heterocycles. The summed E-state index contributed by atoms with van der Waals surface area (Å²) in [7, 11) is 1.51. The topological polar surface area (TPSA) is 105 Å². The second-order valence-corrected chi connectivity index (χ2v) is 7.87. The average molecular weight is 369 g/mol. The molecule has 3 aliphatic heterocycles. The molecule has 2 N–H and O–H groups in total. The third kappa shape index (κ3) is 2.13. The molecule has 1 atom stereocenters. The van der Waals surface area contributed by atoms with Crippen molar-refractivity contribution >= 4 is 23.6 Å². The predicted molar refractivity (Wildman–Crippen MR) is 92.4 cm³/mol. The third-order valence-corrected chi connectivity index (χ3v) is 6.20. The van der Waals surface area contributed by atoms with Crippen molar-refractivity contribution in [1.29, 1.82) is 0 Å². The number of nitrogens with one attached hydrogen (secondary N) is 2. The van der Waals surface area contributed by atoms with Gasteiger partial charge in [-0.25, -0.2) is 0 Å². The Morgan fingerprint density at radius 2 is 1.93 bits per heavy atom. The van der Waals surface area contributed by atoms with Crippen LogP contribution in [0.2, 0.25) is 0 Å². The van der Waals surface area contributed by atoms with Crippen LogP contribution in [0.4, 0.5) is 0 Å². The van der Waals surface area contributed by atoms with E-state index >= 15 is 0 Å². The van der Waals surface area contributed by atoms with E-state index in [4.69, 9.17) is 4.74 Å². The number of ether oxygens (including phenoxy) is 1. The predicted octanol–water partition coefficient (Wildman–Crippen LogP) is -0.215. The minimum Gasteiger partial charge on any atom is -0.496 e. The van der Waals surface area contributed by atoms with Crippen molar-refractivity contribution in [2.45, 2.75) is 31.7 Å². The van der Waals surface area contributed by atoms with Crippen LogP contribution in [0.15, 0.2) is 6.07 Å². The zero-order valence-electron chi connectivity index (χ0n) is 14.9. The van der Waals surface area contributed by atoms with Crippen LogP contribution in [0, 0.1) is 5.41 Å². The minimum atomic E-state index is -0.961. The number of amides is 4. The quantitative estimate of drug-likeness (QED) is 0.699. The molecule has 4 aliphatic rings. The number of methoxy groups -OCH3 is 1. The Labute approximate surface area is 155 Å². The van der Waals surface area contributed by atoms with Gasteiger partial charge < -0.3 is 10.1 Å². The van der Waals surface area contributed by atoms with Crippen molar-refractivity contribution < 1.29 is 23.9 Å². The number of nitrogens with zero attached hydrogens (tertiary/aromatic N) is 1. The maximum absolute atomic E-state index is 13.1. The van der Waals surface area contributed by atoms with E-state index in [1.165, 1.54) is 7.11 Å². The van der Waals surface area contributed by atoms with Gasteiger partial charge in [0, 0.05) is 24.9 Å². The summed E-state index contributed by atoms with van der Waals surface area (Å²) in [5, 5.41) is 5.51. The van der Waals surface area contributed by atoms with Gasteiger partial charge in [-0.05, 0) is 36.5 Å². The van der Waals surface area contributed by atoms with Gasteiger partial charge in [-0.3, -0.25) is 29.4 Å². The minimum absolute atomic E-state index is 0.104. The Kier molecular flexibility index (Phi) is 3.28. The second-order valence-electron chi connectivity index (χ2n) is 7.87. The van der Waals surface area contributed by atoms with Crippen LogP contribution in [0.1, 0.15) is 44.7 Å².